The molecule has 2 heterocycles. The lowest BCUT2D eigenvalue weighted by Crippen LogP contribution is -2.24. The highest BCUT2D eigenvalue weighted by Crippen LogP contribution is 2.20. The molecule has 0 saturated carbocycles. The molecule has 0 aliphatic carbocycles. The zero-order chi connectivity index (χ0) is 15.9. The van der Waals surface area contributed by atoms with Gasteiger partial charge in [0, 0.05) is 24.3 Å². The van der Waals surface area contributed by atoms with Gasteiger partial charge in [-0.1, -0.05) is 12.1 Å². The van der Waals surface area contributed by atoms with Crippen molar-refractivity contribution in [1.82, 2.24) is 5.32 Å². The van der Waals surface area contributed by atoms with E-state index in [2.05, 4.69) is 5.32 Å². The van der Waals surface area contributed by atoms with Gasteiger partial charge in [-0.25, -0.2) is 0 Å². The first-order chi connectivity index (χ1) is 11.3. The van der Waals surface area contributed by atoms with Crippen LogP contribution in [0.4, 0.5) is 0 Å². The third kappa shape index (κ3) is 4.45. The summed E-state index contributed by atoms with van der Waals surface area (Å²) in [5.41, 5.74) is 1.66. The van der Waals surface area contributed by atoms with Crippen molar-refractivity contribution in [3.63, 3.8) is 0 Å². The van der Waals surface area contributed by atoms with E-state index in [1.807, 2.05) is 36.4 Å². The highest BCUT2D eigenvalue weighted by molar-refractivity contribution is 5.94. The number of hydrogen-bond acceptors (Lipinski definition) is 3. The maximum atomic E-state index is 12.1. The van der Waals surface area contributed by atoms with Gasteiger partial charge in [0.25, 0.3) is 5.91 Å². The first-order valence-corrected chi connectivity index (χ1v) is 8.37. The number of ether oxygens (including phenoxy) is 1. The van der Waals surface area contributed by atoms with Crippen molar-refractivity contribution in [1.29, 1.82) is 0 Å². The van der Waals surface area contributed by atoms with Crippen molar-refractivity contribution in [2.24, 2.45) is 0 Å². The van der Waals surface area contributed by atoms with Gasteiger partial charge in [0.05, 0.1) is 12.4 Å². The van der Waals surface area contributed by atoms with E-state index < -0.39 is 0 Å². The van der Waals surface area contributed by atoms with Gasteiger partial charge in [-0.2, -0.15) is 0 Å². The van der Waals surface area contributed by atoms with E-state index in [0.717, 1.165) is 37.2 Å². The molecule has 1 fully saturated rings. The van der Waals surface area contributed by atoms with Crippen LogP contribution >= 0.6 is 0 Å². The smallest absolute Gasteiger partial charge is 0.251 e. The Balaban J connectivity index is 1.39. The summed E-state index contributed by atoms with van der Waals surface area (Å²) in [5, 5.41) is 2.98. The Morgan fingerprint density at radius 2 is 2.04 bits per heavy atom. The van der Waals surface area contributed by atoms with Gasteiger partial charge in [-0.3, -0.25) is 4.79 Å². The number of carbonyl (C=O) groups is 1. The number of nitrogens with one attached hydrogen (secondary N) is 1. The van der Waals surface area contributed by atoms with Crippen LogP contribution in [0.2, 0.25) is 0 Å². The fourth-order valence-corrected chi connectivity index (χ4v) is 2.90. The lowest BCUT2D eigenvalue weighted by Gasteiger charge is -2.09. The average molecular weight is 313 g/mol. The molecule has 122 valence electrons. The molecule has 1 amide bonds. The van der Waals surface area contributed by atoms with Gasteiger partial charge in [-0.15, -0.1) is 0 Å². The van der Waals surface area contributed by atoms with Crippen molar-refractivity contribution in [2.45, 2.75) is 38.2 Å². The van der Waals surface area contributed by atoms with Crippen molar-refractivity contribution in [2.75, 3.05) is 13.2 Å². The van der Waals surface area contributed by atoms with Crippen LogP contribution in [0.3, 0.4) is 0 Å². The van der Waals surface area contributed by atoms with Gasteiger partial charge in [0.15, 0.2) is 0 Å². The molecule has 0 bridgehead atoms. The Hall–Kier alpha value is -2.07. The Morgan fingerprint density at radius 3 is 2.74 bits per heavy atom. The average Bonchev–Trinajstić information content (AvgIpc) is 3.28. The van der Waals surface area contributed by atoms with Crippen molar-refractivity contribution >= 4 is 5.91 Å². The molecule has 1 saturated heterocycles. The maximum absolute atomic E-state index is 12.1. The Labute approximate surface area is 136 Å². The number of amides is 1. The van der Waals surface area contributed by atoms with E-state index in [0.29, 0.717) is 18.2 Å². The zero-order valence-electron chi connectivity index (χ0n) is 13.3. The Morgan fingerprint density at radius 1 is 1.17 bits per heavy atom. The predicted molar refractivity (Wildman–Crippen MR) is 89.3 cm³/mol. The van der Waals surface area contributed by atoms with Crippen molar-refractivity contribution < 1.29 is 13.9 Å². The first-order valence-electron chi connectivity index (χ1n) is 8.37. The molecule has 4 heteroatoms. The lowest BCUT2D eigenvalue weighted by molar-refractivity contribution is 0.0947. The predicted octanol–water partition coefficient (Wildman–Crippen LogP) is 4.03. The second-order valence-electron chi connectivity index (χ2n) is 5.94. The largest absolute Gasteiger partial charge is 0.464 e. The third-order valence-corrected chi connectivity index (χ3v) is 4.22. The molecule has 1 atom stereocenters. The summed E-state index contributed by atoms with van der Waals surface area (Å²) < 4.78 is 10.9. The fourth-order valence-electron chi connectivity index (χ4n) is 2.90. The molecule has 0 spiro atoms. The van der Waals surface area contributed by atoms with Crippen LogP contribution in [0, 0.1) is 0 Å². The third-order valence-electron chi connectivity index (χ3n) is 4.22. The number of unbranched alkanes of at least 4 members (excludes halogenated alkanes) is 1. The number of carbonyl (C=O) groups excluding carboxylic acids is 1. The van der Waals surface area contributed by atoms with E-state index >= 15 is 0 Å². The van der Waals surface area contributed by atoms with Crippen LogP contribution in [-0.4, -0.2) is 25.2 Å². The molecule has 23 heavy (non-hydrogen) atoms. The molecule has 1 aromatic heterocycles. The normalized spacial score (nSPS) is 17.3. The van der Waals surface area contributed by atoms with Crippen molar-refractivity contribution in [3.8, 4) is 11.3 Å². The standard InChI is InChI=1S/C19H23NO3/c21-19(20-12-2-1-5-17-6-3-13-22-17)16-10-8-15(9-11-16)18-7-4-14-23-18/h4,7-11,14,17H,1-3,5-6,12-13H2,(H,20,21). The molecule has 1 aliphatic rings. The molecule has 3 rings (SSSR count). The highest BCUT2D eigenvalue weighted by Gasteiger charge is 2.14. The fraction of sp³-hybridized carbons (Fsp3) is 0.421. The number of furan rings is 1. The van der Waals surface area contributed by atoms with E-state index in [-0.39, 0.29) is 5.91 Å². The summed E-state index contributed by atoms with van der Waals surface area (Å²) in [4.78, 5) is 12.1. The maximum Gasteiger partial charge on any atom is 0.251 e. The van der Waals surface area contributed by atoms with Crippen LogP contribution in [0.1, 0.15) is 42.5 Å². The van der Waals surface area contributed by atoms with Gasteiger partial charge in [0.1, 0.15) is 5.76 Å². The summed E-state index contributed by atoms with van der Waals surface area (Å²) in [6.07, 6.45) is 7.67. The minimum absolute atomic E-state index is 0.0203. The first kappa shape index (κ1) is 15.8. The van der Waals surface area contributed by atoms with Crippen LogP contribution in [0.15, 0.2) is 47.1 Å². The SMILES string of the molecule is O=C(NCCCCC1CCCO1)c1ccc(-c2ccco2)cc1. The zero-order valence-corrected chi connectivity index (χ0v) is 13.3. The molecule has 1 aliphatic heterocycles. The molecule has 0 radical (unpaired) electrons. The van der Waals surface area contributed by atoms with Crippen LogP contribution < -0.4 is 5.32 Å². The van der Waals surface area contributed by atoms with Crippen molar-refractivity contribution in [3.05, 3.63) is 48.2 Å². The van der Waals surface area contributed by atoms with E-state index in [1.165, 1.54) is 12.8 Å². The molecule has 2 aromatic rings. The van der Waals surface area contributed by atoms with Crippen LogP contribution in [-0.2, 0) is 4.74 Å². The van der Waals surface area contributed by atoms with Gasteiger partial charge >= 0.3 is 0 Å². The van der Waals surface area contributed by atoms with E-state index in [1.54, 1.807) is 6.26 Å². The van der Waals surface area contributed by atoms with Gasteiger partial charge in [-0.05, 0) is 56.4 Å². The molecular formula is C19H23NO3. The van der Waals surface area contributed by atoms with Gasteiger partial charge in [0.2, 0.25) is 0 Å². The summed E-state index contributed by atoms with van der Waals surface area (Å²) in [7, 11) is 0. The molecule has 1 unspecified atom stereocenters. The minimum Gasteiger partial charge on any atom is -0.464 e. The number of rotatable bonds is 7. The minimum atomic E-state index is -0.0203. The van der Waals surface area contributed by atoms with Crippen LogP contribution in [0.25, 0.3) is 11.3 Å². The summed E-state index contributed by atoms with van der Waals surface area (Å²) in [6, 6.07) is 11.2. The Kier molecular flexibility index (Phi) is 5.48. The monoisotopic (exact) mass is 313 g/mol. The topological polar surface area (TPSA) is 51.5 Å². The Bertz CT molecular complexity index is 598. The number of hydrogen-bond donors (Lipinski definition) is 1. The number of benzene rings is 1. The molecule has 1 N–H and O–H groups in total. The second kappa shape index (κ2) is 7.97. The summed E-state index contributed by atoms with van der Waals surface area (Å²) in [6.45, 7) is 1.63. The second-order valence-corrected chi connectivity index (χ2v) is 5.94. The van der Waals surface area contributed by atoms with E-state index in [4.69, 9.17) is 9.15 Å². The molecule has 1 aromatic carbocycles. The molecular weight excluding hydrogens is 290 g/mol. The lowest BCUT2D eigenvalue weighted by atomic mass is 10.1. The van der Waals surface area contributed by atoms with Gasteiger partial charge < -0.3 is 14.5 Å². The quantitative estimate of drug-likeness (QED) is 0.785. The molecule has 4 nitrogen and oxygen atoms in total. The summed E-state index contributed by atoms with van der Waals surface area (Å²) in [5.74, 6) is 0.791. The van der Waals surface area contributed by atoms with E-state index in [9.17, 15) is 4.79 Å². The summed E-state index contributed by atoms with van der Waals surface area (Å²) >= 11 is 0. The highest BCUT2D eigenvalue weighted by atomic mass is 16.5. The van der Waals surface area contributed by atoms with Crippen LogP contribution in [0.5, 0.6) is 0 Å².